The number of amides is 1. The summed E-state index contributed by atoms with van der Waals surface area (Å²) in [5, 5.41) is 14.2. The fourth-order valence-corrected chi connectivity index (χ4v) is 3.32. The molecule has 9 heteroatoms. The molecule has 0 spiro atoms. The summed E-state index contributed by atoms with van der Waals surface area (Å²) in [4.78, 5) is 25.7. The zero-order chi connectivity index (χ0) is 22.3. The third kappa shape index (κ3) is 7.00. The number of anilines is 1. The Morgan fingerprint density at radius 2 is 1.90 bits per heavy atom. The number of nitrogens with zero attached hydrogens (tertiary/aromatic N) is 2. The SMILES string of the molecule is CCCNC(=O)OC(C)(C)C.Nc1ccc(-c2nc3ccc([N+](=O)[O-])cc3s2)cc1. The fraction of sp³-hybridized carbons (Fsp3) is 0.333. The van der Waals surface area contributed by atoms with Crippen molar-refractivity contribution in [1.82, 2.24) is 10.3 Å². The summed E-state index contributed by atoms with van der Waals surface area (Å²) >= 11 is 1.43. The Balaban J connectivity index is 0.000000252. The number of hydrogen-bond acceptors (Lipinski definition) is 7. The van der Waals surface area contributed by atoms with E-state index in [1.807, 2.05) is 52.0 Å². The number of nitrogen functional groups attached to an aromatic ring is 1. The van der Waals surface area contributed by atoms with E-state index in [0.717, 1.165) is 27.2 Å². The number of ether oxygens (including phenoxy) is 1. The third-order valence-corrected chi connectivity index (χ3v) is 4.73. The first kappa shape index (κ1) is 23.1. The number of rotatable bonds is 4. The molecule has 3 rings (SSSR count). The van der Waals surface area contributed by atoms with Crippen molar-refractivity contribution in [2.24, 2.45) is 0 Å². The van der Waals surface area contributed by atoms with E-state index >= 15 is 0 Å². The molecule has 3 N–H and O–H groups in total. The molecule has 0 aliphatic rings. The van der Waals surface area contributed by atoms with Crippen molar-refractivity contribution in [3.05, 3.63) is 52.6 Å². The monoisotopic (exact) mass is 430 g/mol. The first-order valence-electron chi connectivity index (χ1n) is 9.47. The molecule has 0 aliphatic carbocycles. The van der Waals surface area contributed by atoms with Gasteiger partial charge in [-0.3, -0.25) is 10.1 Å². The quantitative estimate of drug-likeness (QED) is 0.326. The van der Waals surface area contributed by atoms with E-state index in [2.05, 4.69) is 10.3 Å². The van der Waals surface area contributed by atoms with Crippen molar-refractivity contribution < 1.29 is 14.5 Å². The van der Waals surface area contributed by atoms with Gasteiger partial charge in [0.05, 0.1) is 15.1 Å². The molecule has 0 aliphatic heterocycles. The van der Waals surface area contributed by atoms with Gasteiger partial charge in [0, 0.05) is 29.9 Å². The fourth-order valence-electron chi connectivity index (χ4n) is 2.32. The smallest absolute Gasteiger partial charge is 0.407 e. The summed E-state index contributed by atoms with van der Waals surface area (Å²) in [6.07, 6.45) is 0.596. The Morgan fingerprint density at radius 1 is 1.23 bits per heavy atom. The number of fused-ring (bicyclic) bond motifs is 1. The topological polar surface area (TPSA) is 120 Å². The normalized spacial score (nSPS) is 10.8. The summed E-state index contributed by atoms with van der Waals surface area (Å²) in [7, 11) is 0. The predicted molar refractivity (Wildman–Crippen MR) is 121 cm³/mol. The standard InChI is InChI=1S/C13H9N3O2S.C8H17NO2/c14-9-3-1-8(2-4-9)13-15-11-6-5-10(16(17)18)7-12(11)19-13;1-5-6-9-7(10)11-8(2,3)4/h1-7H,14H2;5-6H2,1-4H3,(H,9,10). The van der Waals surface area contributed by atoms with Gasteiger partial charge in [0.2, 0.25) is 0 Å². The molecule has 8 nitrogen and oxygen atoms in total. The lowest BCUT2D eigenvalue weighted by Crippen LogP contribution is -2.32. The summed E-state index contributed by atoms with van der Waals surface area (Å²) in [5.41, 5.74) is 7.75. The highest BCUT2D eigenvalue weighted by atomic mass is 32.1. The van der Waals surface area contributed by atoms with Crippen LogP contribution in [-0.4, -0.2) is 28.1 Å². The predicted octanol–water partition coefficient (Wildman–Crippen LogP) is 5.37. The maximum Gasteiger partial charge on any atom is 0.407 e. The van der Waals surface area contributed by atoms with Crippen molar-refractivity contribution in [3.63, 3.8) is 0 Å². The molecule has 0 saturated heterocycles. The molecule has 1 aromatic heterocycles. The van der Waals surface area contributed by atoms with Crippen LogP contribution in [0.3, 0.4) is 0 Å². The van der Waals surface area contributed by atoms with Gasteiger partial charge in [-0.15, -0.1) is 11.3 Å². The second kappa shape index (κ2) is 10.0. The van der Waals surface area contributed by atoms with Gasteiger partial charge >= 0.3 is 6.09 Å². The number of carbonyl (C=O) groups excluding carboxylic acids is 1. The first-order valence-corrected chi connectivity index (χ1v) is 10.3. The minimum absolute atomic E-state index is 0.0833. The number of nitrogens with one attached hydrogen (secondary N) is 1. The van der Waals surface area contributed by atoms with Crippen LogP contribution < -0.4 is 11.1 Å². The van der Waals surface area contributed by atoms with Crippen molar-refractivity contribution in [3.8, 4) is 10.6 Å². The average Bonchev–Trinajstić information content (AvgIpc) is 3.09. The number of nitrogens with two attached hydrogens (primary N) is 1. The third-order valence-electron chi connectivity index (χ3n) is 3.66. The van der Waals surface area contributed by atoms with Gasteiger partial charge in [-0.25, -0.2) is 9.78 Å². The van der Waals surface area contributed by atoms with Crippen LogP contribution in [0.4, 0.5) is 16.2 Å². The summed E-state index contributed by atoms with van der Waals surface area (Å²) in [6.45, 7) is 8.21. The molecule has 0 fully saturated rings. The maximum absolute atomic E-state index is 10.9. The van der Waals surface area contributed by atoms with E-state index in [-0.39, 0.29) is 11.8 Å². The van der Waals surface area contributed by atoms with Crippen LogP contribution in [-0.2, 0) is 4.74 Å². The number of carbonyl (C=O) groups is 1. The molecule has 0 unspecified atom stereocenters. The molecule has 1 amide bonds. The van der Waals surface area contributed by atoms with E-state index < -0.39 is 10.5 Å². The molecule has 2 aromatic carbocycles. The molecule has 0 atom stereocenters. The van der Waals surface area contributed by atoms with Crippen molar-refractivity contribution in [2.75, 3.05) is 12.3 Å². The van der Waals surface area contributed by atoms with Gasteiger partial charge in [0.25, 0.3) is 5.69 Å². The van der Waals surface area contributed by atoms with Crippen LogP contribution >= 0.6 is 11.3 Å². The number of non-ortho nitro benzene ring substituents is 1. The maximum atomic E-state index is 10.9. The lowest BCUT2D eigenvalue weighted by molar-refractivity contribution is -0.384. The van der Waals surface area contributed by atoms with Crippen molar-refractivity contribution in [2.45, 2.75) is 39.7 Å². The van der Waals surface area contributed by atoms with E-state index in [0.29, 0.717) is 12.2 Å². The average molecular weight is 431 g/mol. The molecule has 0 radical (unpaired) electrons. The Kier molecular flexibility index (Phi) is 7.71. The van der Waals surface area contributed by atoms with E-state index in [1.54, 1.807) is 12.1 Å². The molecular weight excluding hydrogens is 404 g/mol. The van der Waals surface area contributed by atoms with Gasteiger partial charge in [0.15, 0.2) is 0 Å². The molecule has 0 bridgehead atoms. The number of aromatic nitrogens is 1. The van der Waals surface area contributed by atoms with Crippen LogP contribution in [0.2, 0.25) is 0 Å². The second-order valence-corrected chi connectivity index (χ2v) is 8.51. The summed E-state index contributed by atoms with van der Waals surface area (Å²) < 4.78 is 5.80. The Bertz CT molecular complexity index is 1010. The number of nitro groups is 1. The van der Waals surface area contributed by atoms with Crippen LogP contribution in [0.25, 0.3) is 20.8 Å². The van der Waals surface area contributed by atoms with Crippen LogP contribution in [0, 0.1) is 10.1 Å². The molecule has 3 aromatic rings. The van der Waals surface area contributed by atoms with Crippen molar-refractivity contribution >= 4 is 39.0 Å². The highest BCUT2D eigenvalue weighted by molar-refractivity contribution is 7.21. The first-order chi connectivity index (χ1) is 14.1. The number of benzene rings is 2. The molecule has 1 heterocycles. The zero-order valence-electron chi connectivity index (χ0n) is 17.5. The Hall–Kier alpha value is -3.20. The lowest BCUT2D eigenvalue weighted by atomic mass is 10.2. The van der Waals surface area contributed by atoms with Gasteiger partial charge in [-0.2, -0.15) is 0 Å². The lowest BCUT2D eigenvalue weighted by Gasteiger charge is -2.19. The summed E-state index contributed by atoms with van der Waals surface area (Å²) in [6, 6.07) is 12.1. The zero-order valence-corrected chi connectivity index (χ0v) is 18.3. The van der Waals surface area contributed by atoms with Crippen LogP contribution in [0.5, 0.6) is 0 Å². The van der Waals surface area contributed by atoms with Crippen LogP contribution in [0.15, 0.2) is 42.5 Å². The molecule has 30 heavy (non-hydrogen) atoms. The van der Waals surface area contributed by atoms with Gasteiger partial charge < -0.3 is 15.8 Å². The molecule has 160 valence electrons. The Labute approximate surface area is 179 Å². The van der Waals surface area contributed by atoms with Gasteiger partial charge in [-0.05, 0) is 57.5 Å². The largest absolute Gasteiger partial charge is 0.444 e. The van der Waals surface area contributed by atoms with Gasteiger partial charge in [-0.1, -0.05) is 6.92 Å². The number of thiazole rings is 1. The summed E-state index contributed by atoms with van der Waals surface area (Å²) in [5.74, 6) is 0. The number of alkyl carbamates (subject to hydrolysis) is 1. The highest BCUT2D eigenvalue weighted by Crippen LogP contribution is 2.32. The molecular formula is C21H26N4O4S. The number of nitro benzene ring substituents is 1. The van der Waals surface area contributed by atoms with E-state index in [9.17, 15) is 14.9 Å². The van der Waals surface area contributed by atoms with Crippen LogP contribution in [0.1, 0.15) is 34.1 Å². The second-order valence-electron chi connectivity index (χ2n) is 7.48. The van der Waals surface area contributed by atoms with Gasteiger partial charge in [0.1, 0.15) is 10.6 Å². The molecule has 0 saturated carbocycles. The minimum Gasteiger partial charge on any atom is -0.444 e. The van der Waals surface area contributed by atoms with E-state index in [4.69, 9.17) is 10.5 Å². The van der Waals surface area contributed by atoms with Crippen molar-refractivity contribution in [1.29, 1.82) is 0 Å². The van der Waals surface area contributed by atoms with E-state index in [1.165, 1.54) is 17.4 Å². The number of hydrogen-bond donors (Lipinski definition) is 2. The minimum atomic E-state index is -0.401. The highest BCUT2D eigenvalue weighted by Gasteiger charge is 2.15. The Morgan fingerprint density at radius 3 is 2.47 bits per heavy atom.